The summed E-state index contributed by atoms with van der Waals surface area (Å²) in [6.07, 6.45) is 2.05. The van der Waals surface area contributed by atoms with Crippen LogP contribution in [0.3, 0.4) is 0 Å². The van der Waals surface area contributed by atoms with E-state index in [1.54, 1.807) is 18.2 Å². The van der Waals surface area contributed by atoms with Gasteiger partial charge in [-0.3, -0.25) is 4.79 Å². The van der Waals surface area contributed by atoms with E-state index in [1.165, 1.54) is 12.1 Å². The number of rotatable bonds is 6. The average Bonchev–Trinajstić information content (AvgIpc) is 2.37. The van der Waals surface area contributed by atoms with Crippen LogP contribution in [0.5, 0.6) is 0 Å². The Morgan fingerprint density at radius 2 is 2.00 bits per heavy atom. The van der Waals surface area contributed by atoms with E-state index in [0.717, 1.165) is 5.56 Å². The molecule has 0 saturated carbocycles. The van der Waals surface area contributed by atoms with E-state index >= 15 is 0 Å². The molecular formula is C15H21FN2O. The van der Waals surface area contributed by atoms with Crippen molar-refractivity contribution in [1.29, 1.82) is 0 Å². The fourth-order valence-corrected chi connectivity index (χ4v) is 1.85. The van der Waals surface area contributed by atoms with Gasteiger partial charge in [0.05, 0.1) is 12.1 Å². The maximum absolute atomic E-state index is 12.9. The van der Waals surface area contributed by atoms with Gasteiger partial charge in [-0.15, -0.1) is 6.58 Å². The Morgan fingerprint density at radius 3 is 2.47 bits per heavy atom. The quantitative estimate of drug-likeness (QED) is 0.776. The van der Waals surface area contributed by atoms with Gasteiger partial charge in [-0.2, -0.15) is 0 Å². The third-order valence-electron chi connectivity index (χ3n) is 2.95. The summed E-state index contributed by atoms with van der Waals surface area (Å²) in [6, 6.07) is 5.36. The predicted molar refractivity (Wildman–Crippen MR) is 74.9 cm³/mol. The van der Waals surface area contributed by atoms with E-state index in [9.17, 15) is 9.18 Å². The number of halogens is 1. The minimum absolute atomic E-state index is 0.177. The molecule has 1 rings (SSSR count). The van der Waals surface area contributed by atoms with Crippen LogP contribution < -0.4 is 11.1 Å². The predicted octanol–water partition coefficient (Wildman–Crippen LogP) is 2.54. The molecule has 0 radical (unpaired) electrons. The van der Waals surface area contributed by atoms with Crippen molar-refractivity contribution in [2.75, 3.05) is 0 Å². The summed E-state index contributed by atoms with van der Waals surface area (Å²) in [5.74, 6) is -0.325. The summed E-state index contributed by atoms with van der Waals surface area (Å²) in [7, 11) is 0. The molecule has 0 fully saturated rings. The first-order valence-corrected chi connectivity index (χ1v) is 6.38. The first-order valence-electron chi connectivity index (χ1n) is 6.38. The summed E-state index contributed by atoms with van der Waals surface area (Å²) < 4.78 is 12.9. The second-order valence-electron chi connectivity index (χ2n) is 4.91. The molecule has 19 heavy (non-hydrogen) atoms. The van der Waals surface area contributed by atoms with Gasteiger partial charge in [0.25, 0.3) is 0 Å². The molecule has 0 saturated heterocycles. The standard InChI is InChI=1S/C15H21FN2O/c1-4-5-13(17)15(19)18-14(10(2)3)11-6-8-12(16)9-7-11/h4,6-10,13-14H,1,5,17H2,2-3H3,(H,18,19). The zero-order valence-electron chi connectivity index (χ0n) is 11.4. The van der Waals surface area contributed by atoms with Crippen LogP contribution >= 0.6 is 0 Å². The lowest BCUT2D eigenvalue weighted by atomic mass is 9.95. The van der Waals surface area contributed by atoms with Gasteiger partial charge in [-0.25, -0.2) is 4.39 Å². The van der Waals surface area contributed by atoms with Gasteiger partial charge in [0.15, 0.2) is 0 Å². The highest BCUT2D eigenvalue weighted by atomic mass is 19.1. The van der Waals surface area contributed by atoms with E-state index in [2.05, 4.69) is 11.9 Å². The minimum atomic E-state index is -0.598. The summed E-state index contributed by atoms with van der Waals surface area (Å²) in [5.41, 5.74) is 6.61. The lowest BCUT2D eigenvalue weighted by Gasteiger charge is -2.24. The summed E-state index contributed by atoms with van der Waals surface area (Å²) in [6.45, 7) is 7.55. The van der Waals surface area contributed by atoms with Gasteiger partial charge < -0.3 is 11.1 Å². The Morgan fingerprint density at radius 1 is 1.42 bits per heavy atom. The number of benzene rings is 1. The van der Waals surface area contributed by atoms with Gasteiger partial charge in [0, 0.05) is 0 Å². The van der Waals surface area contributed by atoms with Crippen molar-refractivity contribution in [3.63, 3.8) is 0 Å². The lowest BCUT2D eigenvalue weighted by Crippen LogP contribution is -2.43. The second kappa shape index (κ2) is 7.04. The Kier molecular flexibility index (Phi) is 5.70. The molecule has 3 nitrogen and oxygen atoms in total. The lowest BCUT2D eigenvalue weighted by molar-refractivity contribution is -0.123. The Labute approximate surface area is 113 Å². The summed E-state index contributed by atoms with van der Waals surface area (Å²) >= 11 is 0. The topological polar surface area (TPSA) is 55.1 Å². The zero-order chi connectivity index (χ0) is 14.4. The van der Waals surface area contributed by atoms with E-state index < -0.39 is 6.04 Å². The van der Waals surface area contributed by atoms with E-state index in [-0.39, 0.29) is 23.7 Å². The minimum Gasteiger partial charge on any atom is -0.348 e. The van der Waals surface area contributed by atoms with Crippen molar-refractivity contribution >= 4 is 5.91 Å². The average molecular weight is 264 g/mol. The number of hydrogen-bond donors (Lipinski definition) is 2. The number of hydrogen-bond acceptors (Lipinski definition) is 2. The van der Waals surface area contributed by atoms with Crippen LogP contribution in [-0.2, 0) is 4.79 Å². The molecule has 2 unspecified atom stereocenters. The van der Waals surface area contributed by atoms with Crippen molar-refractivity contribution in [2.24, 2.45) is 11.7 Å². The number of carbonyl (C=O) groups excluding carboxylic acids is 1. The molecule has 4 heteroatoms. The fraction of sp³-hybridized carbons (Fsp3) is 0.400. The van der Waals surface area contributed by atoms with Crippen LogP contribution in [0.25, 0.3) is 0 Å². The molecule has 1 amide bonds. The summed E-state index contributed by atoms with van der Waals surface area (Å²) in [5, 5.41) is 2.90. The molecule has 0 bridgehead atoms. The number of nitrogens with one attached hydrogen (secondary N) is 1. The molecule has 0 aliphatic heterocycles. The van der Waals surface area contributed by atoms with Crippen LogP contribution in [0.2, 0.25) is 0 Å². The number of carbonyl (C=O) groups is 1. The van der Waals surface area contributed by atoms with Crippen LogP contribution in [0.1, 0.15) is 31.9 Å². The van der Waals surface area contributed by atoms with Crippen molar-refractivity contribution in [2.45, 2.75) is 32.4 Å². The van der Waals surface area contributed by atoms with E-state index in [0.29, 0.717) is 6.42 Å². The zero-order valence-corrected chi connectivity index (χ0v) is 11.4. The molecule has 104 valence electrons. The Hall–Kier alpha value is -1.68. The normalized spacial score (nSPS) is 13.9. The monoisotopic (exact) mass is 264 g/mol. The van der Waals surface area contributed by atoms with Crippen molar-refractivity contribution in [3.8, 4) is 0 Å². The van der Waals surface area contributed by atoms with E-state index in [1.807, 2.05) is 13.8 Å². The molecule has 2 atom stereocenters. The van der Waals surface area contributed by atoms with Gasteiger partial charge in [-0.05, 0) is 30.0 Å². The van der Waals surface area contributed by atoms with Crippen LogP contribution in [-0.4, -0.2) is 11.9 Å². The van der Waals surface area contributed by atoms with Gasteiger partial charge >= 0.3 is 0 Å². The SMILES string of the molecule is C=CCC(N)C(=O)NC(c1ccc(F)cc1)C(C)C. The highest BCUT2D eigenvalue weighted by Crippen LogP contribution is 2.22. The van der Waals surface area contributed by atoms with Crippen molar-refractivity contribution < 1.29 is 9.18 Å². The molecule has 0 aliphatic carbocycles. The largest absolute Gasteiger partial charge is 0.348 e. The maximum Gasteiger partial charge on any atom is 0.237 e. The molecule has 0 spiro atoms. The fourth-order valence-electron chi connectivity index (χ4n) is 1.85. The van der Waals surface area contributed by atoms with Crippen LogP contribution in [0.15, 0.2) is 36.9 Å². The third kappa shape index (κ3) is 4.48. The molecule has 0 aliphatic rings. The molecule has 0 aromatic heterocycles. The molecule has 0 heterocycles. The Balaban J connectivity index is 2.81. The molecular weight excluding hydrogens is 243 g/mol. The highest BCUT2D eigenvalue weighted by Gasteiger charge is 2.21. The van der Waals surface area contributed by atoms with E-state index in [4.69, 9.17) is 5.73 Å². The highest BCUT2D eigenvalue weighted by molar-refractivity contribution is 5.82. The smallest absolute Gasteiger partial charge is 0.237 e. The van der Waals surface area contributed by atoms with Crippen LogP contribution in [0.4, 0.5) is 4.39 Å². The maximum atomic E-state index is 12.9. The number of nitrogens with two attached hydrogens (primary N) is 1. The first kappa shape index (κ1) is 15.4. The molecule has 1 aromatic rings. The molecule has 3 N–H and O–H groups in total. The number of amides is 1. The van der Waals surface area contributed by atoms with Gasteiger partial charge in [0.2, 0.25) is 5.91 Å². The van der Waals surface area contributed by atoms with Gasteiger partial charge in [-0.1, -0.05) is 32.1 Å². The van der Waals surface area contributed by atoms with Gasteiger partial charge in [0.1, 0.15) is 5.82 Å². The van der Waals surface area contributed by atoms with Crippen LogP contribution in [0, 0.1) is 11.7 Å². The Bertz CT molecular complexity index is 428. The van der Waals surface area contributed by atoms with Crippen molar-refractivity contribution in [1.82, 2.24) is 5.32 Å². The summed E-state index contributed by atoms with van der Waals surface area (Å²) in [4.78, 5) is 11.9. The molecule has 1 aromatic carbocycles. The first-order chi connectivity index (χ1) is 8.95. The van der Waals surface area contributed by atoms with Crippen molar-refractivity contribution in [3.05, 3.63) is 48.3 Å². The third-order valence-corrected chi connectivity index (χ3v) is 2.95. The second-order valence-corrected chi connectivity index (χ2v) is 4.91.